The number of carbonyl (C=O) groups is 1. The molecule has 0 spiro atoms. The monoisotopic (exact) mass is 458 g/mol. The van der Waals surface area contributed by atoms with E-state index in [1.807, 2.05) is 12.1 Å². The predicted octanol–water partition coefficient (Wildman–Crippen LogP) is 3.09. The maximum absolute atomic E-state index is 13.3. The van der Waals surface area contributed by atoms with E-state index in [1.165, 1.54) is 4.57 Å². The van der Waals surface area contributed by atoms with Crippen LogP contribution in [-0.2, 0) is 4.79 Å². The van der Waals surface area contributed by atoms with Crippen molar-refractivity contribution >= 4 is 46.2 Å². The number of nitriles is 1. The van der Waals surface area contributed by atoms with E-state index in [4.69, 9.17) is 11.6 Å². The minimum atomic E-state index is -0.651. The summed E-state index contributed by atoms with van der Waals surface area (Å²) in [6.07, 6.45) is 4.96. The number of nitrogens with one attached hydrogen (secondary N) is 1. The van der Waals surface area contributed by atoms with Gasteiger partial charge in [0.25, 0.3) is 11.5 Å². The summed E-state index contributed by atoms with van der Waals surface area (Å²) >= 11 is 7.21. The van der Waals surface area contributed by atoms with Gasteiger partial charge in [-0.05, 0) is 48.0 Å². The van der Waals surface area contributed by atoms with Gasteiger partial charge in [-0.25, -0.2) is 0 Å². The Hall–Kier alpha value is -3.99. The number of halogens is 1. The molecule has 0 aliphatic heterocycles. The van der Waals surface area contributed by atoms with Gasteiger partial charge in [-0.1, -0.05) is 41.9 Å². The summed E-state index contributed by atoms with van der Waals surface area (Å²) in [7, 11) is 0. The zero-order valence-corrected chi connectivity index (χ0v) is 18.1. The molecular weight excluding hydrogens is 444 g/mol. The summed E-state index contributed by atoms with van der Waals surface area (Å²) in [5.74, 6) is -0.651. The molecule has 0 saturated carbocycles. The van der Waals surface area contributed by atoms with Crippen molar-refractivity contribution in [1.82, 2.24) is 9.55 Å². The second-order valence-electron chi connectivity index (χ2n) is 6.59. The number of aromatic nitrogens is 2. The van der Waals surface area contributed by atoms with E-state index >= 15 is 0 Å². The lowest BCUT2D eigenvalue weighted by Crippen LogP contribution is -2.32. The Kier molecular flexibility index (Phi) is 6.26. The van der Waals surface area contributed by atoms with Crippen molar-refractivity contribution in [2.45, 2.75) is 0 Å². The summed E-state index contributed by atoms with van der Waals surface area (Å²) in [6.45, 7) is 0. The smallest absolute Gasteiger partial charge is 0.273 e. The number of para-hydroxylation sites is 2. The first-order chi connectivity index (χ1) is 15.6. The molecule has 0 unspecified atom stereocenters. The number of hydrogen-bond donors (Lipinski definition) is 1. The molecule has 4 rings (SSSR count). The highest BCUT2D eigenvalue weighted by molar-refractivity contribution is 7.07. The molecule has 0 saturated heterocycles. The molecule has 2 heterocycles. The van der Waals surface area contributed by atoms with E-state index in [0.29, 0.717) is 20.9 Å². The van der Waals surface area contributed by atoms with Crippen LogP contribution < -0.4 is 20.1 Å². The quantitative estimate of drug-likeness (QED) is 0.509. The molecule has 0 aliphatic rings. The molecule has 8 heteroatoms. The average molecular weight is 459 g/mol. The number of anilines is 1. The van der Waals surface area contributed by atoms with Crippen LogP contribution in [0.3, 0.4) is 0 Å². The van der Waals surface area contributed by atoms with Crippen LogP contribution in [0.2, 0.25) is 5.02 Å². The summed E-state index contributed by atoms with van der Waals surface area (Å²) in [5, 5.41) is 12.9. The number of pyridine rings is 1. The Morgan fingerprint density at radius 2 is 1.75 bits per heavy atom. The van der Waals surface area contributed by atoms with Gasteiger partial charge in [0.05, 0.1) is 20.9 Å². The number of benzene rings is 2. The molecule has 1 N–H and O–H groups in total. The van der Waals surface area contributed by atoms with Crippen molar-refractivity contribution in [2.24, 2.45) is 0 Å². The predicted molar refractivity (Wildman–Crippen MR) is 126 cm³/mol. The molecule has 2 aromatic carbocycles. The summed E-state index contributed by atoms with van der Waals surface area (Å²) in [5.41, 5.74) is 1.19. The van der Waals surface area contributed by atoms with Gasteiger partial charge in [-0.15, -0.1) is 11.3 Å². The second kappa shape index (κ2) is 9.43. The van der Waals surface area contributed by atoms with Crippen molar-refractivity contribution in [1.29, 1.82) is 5.26 Å². The SMILES string of the molecule is N#C/C(C(=O)Nc1ccccc1Cl)=c1\s/c(=C/c2ccncc2)c(=O)n1-c1ccccc1. The van der Waals surface area contributed by atoms with Crippen LogP contribution >= 0.6 is 22.9 Å². The van der Waals surface area contributed by atoms with Gasteiger partial charge in [-0.2, -0.15) is 5.26 Å². The van der Waals surface area contributed by atoms with Crippen molar-refractivity contribution in [3.8, 4) is 11.8 Å². The number of thiazole rings is 1. The first-order valence-electron chi connectivity index (χ1n) is 9.48. The lowest BCUT2D eigenvalue weighted by molar-refractivity contribution is -0.111. The lowest BCUT2D eigenvalue weighted by atomic mass is 10.2. The van der Waals surface area contributed by atoms with Gasteiger partial charge in [-0.3, -0.25) is 19.1 Å². The van der Waals surface area contributed by atoms with Crippen LogP contribution in [0.4, 0.5) is 5.69 Å². The fourth-order valence-electron chi connectivity index (χ4n) is 3.02. The zero-order valence-electron chi connectivity index (χ0n) is 16.5. The maximum Gasteiger partial charge on any atom is 0.273 e. The van der Waals surface area contributed by atoms with Crippen molar-refractivity contribution in [3.05, 3.63) is 109 Å². The lowest BCUT2D eigenvalue weighted by Gasteiger charge is -2.07. The first kappa shape index (κ1) is 21.2. The number of rotatable bonds is 4. The average Bonchev–Trinajstić information content (AvgIpc) is 3.12. The molecule has 0 fully saturated rings. The Balaban J connectivity index is 1.96. The Bertz CT molecular complexity index is 1500. The number of amides is 1. The van der Waals surface area contributed by atoms with Gasteiger partial charge in [0, 0.05) is 12.4 Å². The van der Waals surface area contributed by atoms with E-state index in [9.17, 15) is 14.9 Å². The third-order valence-electron chi connectivity index (χ3n) is 4.52. The molecule has 0 atom stereocenters. The molecule has 32 heavy (non-hydrogen) atoms. The molecule has 156 valence electrons. The van der Waals surface area contributed by atoms with Crippen LogP contribution in [0.5, 0.6) is 0 Å². The molecule has 1 amide bonds. The Morgan fingerprint density at radius 3 is 2.44 bits per heavy atom. The van der Waals surface area contributed by atoms with Gasteiger partial charge < -0.3 is 5.32 Å². The Labute approximate surface area is 192 Å². The molecule has 2 aromatic heterocycles. The zero-order chi connectivity index (χ0) is 22.5. The molecule has 0 radical (unpaired) electrons. The summed E-state index contributed by atoms with van der Waals surface area (Å²) in [6, 6.07) is 21.1. The van der Waals surface area contributed by atoms with Crippen LogP contribution in [0.25, 0.3) is 17.3 Å². The van der Waals surface area contributed by atoms with Crippen molar-refractivity contribution < 1.29 is 4.79 Å². The Morgan fingerprint density at radius 1 is 1.06 bits per heavy atom. The van der Waals surface area contributed by atoms with E-state index in [0.717, 1.165) is 16.9 Å². The second-order valence-corrected chi connectivity index (χ2v) is 8.03. The van der Waals surface area contributed by atoms with Crippen LogP contribution in [0, 0.1) is 11.3 Å². The first-order valence-corrected chi connectivity index (χ1v) is 10.7. The van der Waals surface area contributed by atoms with Gasteiger partial charge >= 0.3 is 0 Å². The molecular formula is C24H15ClN4O2S. The van der Waals surface area contributed by atoms with Gasteiger partial charge in [0.2, 0.25) is 0 Å². The highest BCUT2D eigenvalue weighted by atomic mass is 35.5. The van der Waals surface area contributed by atoms with Crippen molar-refractivity contribution in [2.75, 3.05) is 5.32 Å². The van der Waals surface area contributed by atoms with Gasteiger partial charge in [0.15, 0.2) is 5.57 Å². The fourth-order valence-corrected chi connectivity index (χ4v) is 4.30. The summed E-state index contributed by atoms with van der Waals surface area (Å²) < 4.78 is 1.99. The van der Waals surface area contributed by atoms with Crippen LogP contribution in [-0.4, -0.2) is 15.5 Å². The number of nitrogens with zero attached hydrogens (tertiary/aromatic N) is 3. The van der Waals surface area contributed by atoms with Crippen LogP contribution in [0.15, 0.2) is 83.9 Å². The van der Waals surface area contributed by atoms with E-state index in [1.54, 1.807) is 79.1 Å². The topological polar surface area (TPSA) is 87.8 Å². The highest BCUT2D eigenvalue weighted by Gasteiger charge is 2.18. The van der Waals surface area contributed by atoms with E-state index in [2.05, 4.69) is 10.3 Å². The van der Waals surface area contributed by atoms with Gasteiger partial charge in [0.1, 0.15) is 10.7 Å². The largest absolute Gasteiger partial charge is 0.320 e. The third kappa shape index (κ3) is 4.37. The molecule has 0 bridgehead atoms. The molecule has 0 aliphatic carbocycles. The highest BCUT2D eigenvalue weighted by Crippen LogP contribution is 2.21. The van der Waals surface area contributed by atoms with E-state index in [-0.39, 0.29) is 15.8 Å². The minimum absolute atomic E-state index is 0.190. The van der Waals surface area contributed by atoms with Crippen LogP contribution in [0.1, 0.15) is 5.56 Å². The molecule has 6 nitrogen and oxygen atoms in total. The van der Waals surface area contributed by atoms with E-state index < -0.39 is 5.91 Å². The maximum atomic E-state index is 13.3. The third-order valence-corrected chi connectivity index (χ3v) is 5.94. The minimum Gasteiger partial charge on any atom is -0.320 e. The normalized spacial score (nSPS) is 12.2. The standard InChI is InChI=1S/C24H15ClN4O2S/c25-19-8-4-5-9-20(19)28-22(30)18(15-26)24-29(17-6-2-1-3-7-17)23(31)21(32-24)14-16-10-12-27-13-11-16/h1-14H,(H,28,30)/b21-14+,24-18+. The summed E-state index contributed by atoms with van der Waals surface area (Å²) in [4.78, 5) is 30.3. The number of hydrogen-bond acceptors (Lipinski definition) is 5. The fraction of sp³-hybridized carbons (Fsp3) is 0. The molecule has 4 aromatic rings. The number of carbonyl (C=O) groups excluding carboxylic acids is 1. The van der Waals surface area contributed by atoms with Crippen molar-refractivity contribution in [3.63, 3.8) is 0 Å².